The van der Waals surface area contributed by atoms with Crippen LogP contribution >= 0.6 is 0 Å². The molecule has 0 aromatic heterocycles. The van der Waals surface area contributed by atoms with E-state index in [-0.39, 0.29) is 39.8 Å². The van der Waals surface area contributed by atoms with Gasteiger partial charge in [-0.3, -0.25) is 9.59 Å². The predicted octanol–water partition coefficient (Wildman–Crippen LogP) is 5.10. The fraction of sp³-hybridized carbons (Fsp3) is 0.833. The van der Waals surface area contributed by atoms with Crippen LogP contribution in [0.2, 0.25) is 0 Å². The number of ketones is 1. The Balaban J connectivity index is 2.27. The topological polar surface area (TPSA) is 52.6 Å². The number of ether oxygens (including phenoxy) is 2. The van der Waals surface area contributed by atoms with Gasteiger partial charge in [0.2, 0.25) is 0 Å². The molecule has 0 bridgehead atoms. The van der Waals surface area contributed by atoms with Gasteiger partial charge in [-0.2, -0.15) is 0 Å². The van der Waals surface area contributed by atoms with E-state index in [0.717, 1.165) is 19.3 Å². The standard InChI is InChI=1S/C24H38O4/c1-10-21(6)14-17(26)18-22(7)13-11-12-20(4,5)24(22,9)15(2)19(27-16(3)25)23(18,8)28-21/h10,15,18-19H,1,11-14H2,2-9H3/t15?,18?,19-,21?,22+,23-,24-/m0/s1. The van der Waals surface area contributed by atoms with Crippen molar-refractivity contribution in [3.05, 3.63) is 12.7 Å². The van der Waals surface area contributed by atoms with Crippen LogP contribution in [-0.4, -0.2) is 29.1 Å². The maximum Gasteiger partial charge on any atom is 0.303 e. The van der Waals surface area contributed by atoms with Crippen molar-refractivity contribution in [2.75, 3.05) is 0 Å². The summed E-state index contributed by atoms with van der Waals surface area (Å²) in [6.45, 7) is 20.7. The monoisotopic (exact) mass is 390 g/mol. The molecule has 2 saturated carbocycles. The Bertz CT molecular complexity index is 711. The fourth-order valence-electron chi connectivity index (χ4n) is 7.66. The van der Waals surface area contributed by atoms with E-state index >= 15 is 0 Å². The zero-order chi connectivity index (χ0) is 21.3. The van der Waals surface area contributed by atoms with Crippen molar-refractivity contribution in [1.82, 2.24) is 0 Å². The summed E-state index contributed by atoms with van der Waals surface area (Å²) < 4.78 is 12.6. The van der Waals surface area contributed by atoms with Crippen molar-refractivity contribution in [3.63, 3.8) is 0 Å². The van der Waals surface area contributed by atoms with E-state index in [2.05, 4.69) is 41.2 Å². The maximum atomic E-state index is 13.7. The molecule has 0 radical (unpaired) electrons. The SMILES string of the molecule is C=CC1(C)CC(=O)C2[C@](C)(O1)[C@@H](OC(C)=O)C(C)[C@@]1(C)C(C)(C)CCC[C@]21C. The summed E-state index contributed by atoms with van der Waals surface area (Å²) in [5, 5.41) is 0. The first-order valence-corrected chi connectivity index (χ1v) is 10.7. The van der Waals surface area contributed by atoms with Gasteiger partial charge in [-0.15, -0.1) is 6.58 Å². The molecule has 7 atom stereocenters. The Kier molecular flexibility index (Phi) is 4.75. The third-order valence-corrected chi connectivity index (χ3v) is 9.26. The van der Waals surface area contributed by atoms with Crippen molar-refractivity contribution in [3.8, 4) is 0 Å². The lowest BCUT2D eigenvalue weighted by Gasteiger charge is -2.73. The highest BCUT2D eigenvalue weighted by molar-refractivity contribution is 5.86. The molecule has 0 N–H and O–H groups in total. The summed E-state index contributed by atoms with van der Waals surface area (Å²) in [5.74, 6) is -0.359. The van der Waals surface area contributed by atoms with Gasteiger partial charge in [-0.05, 0) is 42.9 Å². The second kappa shape index (κ2) is 6.17. The summed E-state index contributed by atoms with van der Waals surface area (Å²) >= 11 is 0. The Morgan fingerprint density at radius 1 is 1.18 bits per heavy atom. The quantitative estimate of drug-likeness (QED) is 0.486. The first-order chi connectivity index (χ1) is 12.7. The molecule has 158 valence electrons. The van der Waals surface area contributed by atoms with Gasteiger partial charge in [-0.1, -0.05) is 47.1 Å². The van der Waals surface area contributed by atoms with Gasteiger partial charge >= 0.3 is 5.97 Å². The maximum absolute atomic E-state index is 13.7. The number of carbonyl (C=O) groups excluding carboxylic acids is 2. The van der Waals surface area contributed by atoms with Gasteiger partial charge in [0.05, 0.1) is 11.5 Å². The summed E-state index contributed by atoms with van der Waals surface area (Å²) in [7, 11) is 0. The number of hydrogen-bond donors (Lipinski definition) is 0. The summed E-state index contributed by atoms with van der Waals surface area (Å²) in [5.41, 5.74) is -1.97. The first-order valence-electron chi connectivity index (χ1n) is 10.7. The molecular formula is C24H38O4. The summed E-state index contributed by atoms with van der Waals surface area (Å²) in [6.07, 6.45) is 4.77. The molecule has 2 aliphatic carbocycles. The average Bonchev–Trinajstić information content (AvgIpc) is 2.54. The number of esters is 1. The highest BCUT2D eigenvalue weighted by Crippen LogP contribution is 2.73. The van der Waals surface area contributed by atoms with Crippen LogP contribution in [0.5, 0.6) is 0 Å². The van der Waals surface area contributed by atoms with Crippen molar-refractivity contribution < 1.29 is 19.1 Å². The van der Waals surface area contributed by atoms with E-state index in [4.69, 9.17) is 9.47 Å². The Hall–Kier alpha value is -1.16. The summed E-state index contributed by atoms with van der Waals surface area (Å²) in [4.78, 5) is 25.8. The number of fused-ring (bicyclic) bond motifs is 3. The average molecular weight is 391 g/mol. The third-order valence-electron chi connectivity index (χ3n) is 9.26. The van der Waals surface area contributed by atoms with Crippen LogP contribution in [0, 0.1) is 28.1 Å². The third kappa shape index (κ3) is 2.52. The minimum absolute atomic E-state index is 0.0264. The lowest BCUT2D eigenvalue weighted by atomic mass is 9.34. The Morgan fingerprint density at radius 3 is 2.32 bits per heavy atom. The van der Waals surface area contributed by atoms with E-state index in [1.165, 1.54) is 6.92 Å². The van der Waals surface area contributed by atoms with Gasteiger partial charge in [0.1, 0.15) is 17.5 Å². The molecule has 4 nitrogen and oxygen atoms in total. The molecule has 1 aliphatic heterocycles. The molecule has 4 heteroatoms. The highest BCUT2D eigenvalue weighted by atomic mass is 16.6. The summed E-state index contributed by atoms with van der Waals surface area (Å²) in [6, 6.07) is 0. The van der Waals surface area contributed by atoms with Crippen molar-refractivity contribution in [2.45, 2.75) is 98.4 Å². The molecule has 1 saturated heterocycles. The highest BCUT2D eigenvalue weighted by Gasteiger charge is 2.75. The van der Waals surface area contributed by atoms with E-state index < -0.39 is 17.3 Å². The van der Waals surface area contributed by atoms with Crippen LogP contribution in [0.4, 0.5) is 0 Å². The molecule has 3 fully saturated rings. The molecular weight excluding hydrogens is 352 g/mol. The molecule has 3 unspecified atom stereocenters. The van der Waals surface area contributed by atoms with Gasteiger partial charge in [-0.25, -0.2) is 0 Å². The van der Waals surface area contributed by atoms with E-state index in [1.54, 1.807) is 6.08 Å². The van der Waals surface area contributed by atoms with Crippen LogP contribution in [0.3, 0.4) is 0 Å². The fourth-order valence-corrected chi connectivity index (χ4v) is 7.66. The van der Waals surface area contributed by atoms with Gasteiger partial charge in [0.25, 0.3) is 0 Å². The molecule has 0 aromatic carbocycles. The van der Waals surface area contributed by atoms with E-state index in [9.17, 15) is 9.59 Å². The number of rotatable bonds is 2. The van der Waals surface area contributed by atoms with E-state index in [1.807, 2.05) is 13.8 Å². The minimum atomic E-state index is -0.870. The molecule has 0 amide bonds. The van der Waals surface area contributed by atoms with Crippen molar-refractivity contribution in [1.29, 1.82) is 0 Å². The van der Waals surface area contributed by atoms with Crippen LogP contribution < -0.4 is 0 Å². The zero-order valence-electron chi connectivity index (χ0n) is 19.0. The first kappa shape index (κ1) is 21.5. The predicted molar refractivity (Wildman–Crippen MR) is 110 cm³/mol. The minimum Gasteiger partial charge on any atom is -0.459 e. The smallest absolute Gasteiger partial charge is 0.303 e. The number of Topliss-reactive ketones (excluding diaryl/α,β-unsaturated/α-hetero) is 1. The van der Waals surface area contributed by atoms with Crippen LogP contribution in [0.15, 0.2) is 12.7 Å². The second-order valence-electron chi connectivity index (χ2n) is 11.1. The molecule has 3 aliphatic rings. The normalized spacial score (nSPS) is 50.3. The second-order valence-corrected chi connectivity index (χ2v) is 11.1. The lowest BCUT2D eigenvalue weighted by molar-refractivity contribution is -0.320. The lowest BCUT2D eigenvalue weighted by Crippen LogP contribution is -2.77. The van der Waals surface area contributed by atoms with Crippen molar-refractivity contribution in [2.24, 2.45) is 28.1 Å². The van der Waals surface area contributed by atoms with E-state index in [0.29, 0.717) is 6.42 Å². The zero-order valence-corrected chi connectivity index (χ0v) is 19.0. The van der Waals surface area contributed by atoms with Crippen molar-refractivity contribution >= 4 is 11.8 Å². The molecule has 0 spiro atoms. The Labute approximate surface area is 170 Å². The Morgan fingerprint density at radius 2 is 1.79 bits per heavy atom. The van der Waals surface area contributed by atoms with Gasteiger partial charge in [0, 0.05) is 19.3 Å². The largest absolute Gasteiger partial charge is 0.459 e. The van der Waals surface area contributed by atoms with Gasteiger partial charge in [0.15, 0.2) is 0 Å². The molecule has 1 heterocycles. The van der Waals surface area contributed by atoms with Crippen LogP contribution in [-0.2, 0) is 19.1 Å². The number of hydrogen-bond acceptors (Lipinski definition) is 4. The van der Waals surface area contributed by atoms with Crippen LogP contribution in [0.25, 0.3) is 0 Å². The molecule has 0 aromatic rings. The number of carbonyl (C=O) groups is 2. The van der Waals surface area contributed by atoms with Crippen LogP contribution in [0.1, 0.15) is 81.1 Å². The van der Waals surface area contributed by atoms with Gasteiger partial charge < -0.3 is 9.47 Å². The molecule has 28 heavy (non-hydrogen) atoms. The molecule has 3 rings (SSSR count).